The van der Waals surface area contributed by atoms with Gasteiger partial charge in [0.1, 0.15) is 17.0 Å². The maximum atomic E-state index is 5.49. The van der Waals surface area contributed by atoms with Crippen molar-refractivity contribution in [2.45, 2.75) is 18.8 Å². The van der Waals surface area contributed by atoms with E-state index in [1.54, 1.807) is 12.4 Å². The lowest BCUT2D eigenvalue weighted by atomic mass is 9.99. The Labute approximate surface area is 163 Å². The molecule has 2 aliphatic rings. The quantitative estimate of drug-likeness (QED) is 0.686. The number of pyridine rings is 1. The topological polar surface area (TPSA) is 86.2 Å². The molecule has 144 valence electrons. The molecule has 5 heterocycles. The van der Waals surface area contributed by atoms with Crippen LogP contribution >= 0.6 is 0 Å². The van der Waals surface area contributed by atoms with E-state index in [0.29, 0.717) is 25.0 Å². The van der Waals surface area contributed by atoms with Crippen LogP contribution in [0.4, 0.5) is 5.82 Å². The summed E-state index contributed by atoms with van der Waals surface area (Å²) in [4.78, 5) is 25.7. The van der Waals surface area contributed by atoms with E-state index in [9.17, 15) is 0 Å². The van der Waals surface area contributed by atoms with Crippen molar-refractivity contribution >= 4 is 16.9 Å². The van der Waals surface area contributed by atoms with Gasteiger partial charge in [-0.25, -0.2) is 19.9 Å². The van der Waals surface area contributed by atoms with Crippen LogP contribution in [0, 0.1) is 0 Å². The molecular formula is C20H22N6O2. The van der Waals surface area contributed by atoms with Gasteiger partial charge in [-0.15, -0.1) is 0 Å². The Morgan fingerprint density at radius 2 is 1.68 bits per heavy atom. The van der Waals surface area contributed by atoms with Gasteiger partial charge in [-0.2, -0.15) is 0 Å². The molecule has 0 unspecified atom stereocenters. The Hall–Kier alpha value is -2.71. The van der Waals surface area contributed by atoms with Gasteiger partial charge in [-0.05, 0) is 31.0 Å². The third-order valence-corrected chi connectivity index (χ3v) is 5.24. The van der Waals surface area contributed by atoms with Gasteiger partial charge in [0.25, 0.3) is 0 Å². The SMILES string of the molecule is c1cnc2c(N3CCOCC3)nc(-c3ccnc(C4CCOCC4)n3)nc2c1. The van der Waals surface area contributed by atoms with Crippen LogP contribution in [-0.2, 0) is 9.47 Å². The molecule has 2 fully saturated rings. The number of aromatic nitrogens is 5. The Bertz CT molecular complexity index is 970. The summed E-state index contributed by atoms with van der Waals surface area (Å²) in [6.45, 7) is 4.48. The van der Waals surface area contributed by atoms with E-state index in [2.05, 4.69) is 14.9 Å². The molecule has 8 heteroatoms. The molecule has 0 N–H and O–H groups in total. The first-order valence-corrected chi connectivity index (χ1v) is 9.75. The average Bonchev–Trinajstić information content (AvgIpc) is 2.79. The molecule has 2 saturated heterocycles. The van der Waals surface area contributed by atoms with Crippen LogP contribution in [0.15, 0.2) is 30.6 Å². The maximum Gasteiger partial charge on any atom is 0.181 e. The molecule has 0 saturated carbocycles. The molecule has 0 aliphatic carbocycles. The molecule has 0 atom stereocenters. The average molecular weight is 378 g/mol. The van der Waals surface area contributed by atoms with Gasteiger partial charge in [0.05, 0.1) is 18.7 Å². The van der Waals surface area contributed by atoms with Crippen LogP contribution < -0.4 is 4.90 Å². The number of rotatable bonds is 3. The molecule has 28 heavy (non-hydrogen) atoms. The fourth-order valence-corrected chi connectivity index (χ4v) is 3.71. The summed E-state index contributed by atoms with van der Waals surface area (Å²) in [6.07, 6.45) is 5.48. The predicted molar refractivity (Wildman–Crippen MR) is 104 cm³/mol. The molecule has 0 amide bonds. The minimum Gasteiger partial charge on any atom is -0.381 e. The lowest BCUT2D eigenvalue weighted by Crippen LogP contribution is -2.37. The molecule has 0 aromatic carbocycles. The van der Waals surface area contributed by atoms with E-state index in [0.717, 1.165) is 67.5 Å². The van der Waals surface area contributed by atoms with E-state index in [4.69, 9.17) is 24.4 Å². The summed E-state index contributed by atoms with van der Waals surface area (Å²) in [5.74, 6) is 2.63. The van der Waals surface area contributed by atoms with Gasteiger partial charge in [0.15, 0.2) is 11.6 Å². The predicted octanol–water partition coefficient (Wildman–Crippen LogP) is 2.21. The molecule has 8 nitrogen and oxygen atoms in total. The highest BCUT2D eigenvalue weighted by Gasteiger charge is 2.22. The summed E-state index contributed by atoms with van der Waals surface area (Å²) in [7, 11) is 0. The number of anilines is 1. The number of ether oxygens (including phenoxy) is 2. The van der Waals surface area contributed by atoms with Crippen molar-refractivity contribution in [3.8, 4) is 11.5 Å². The fraction of sp³-hybridized carbons (Fsp3) is 0.450. The summed E-state index contributed by atoms with van der Waals surface area (Å²) in [5, 5.41) is 0. The summed E-state index contributed by atoms with van der Waals surface area (Å²) >= 11 is 0. The summed E-state index contributed by atoms with van der Waals surface area (Å²) < 4.78 is 11.0. The highest BCUT2D eigenvalue weighted by atomic mass is 16.5. The molecule has 0 bridgehead atoms. The van der Waals surface area contributed by atoms with Crippen molar-refractivity contribution < 1.29 is 9.47 Å². The molecule has 3 aromatic heterocycles. The lowest BCUT2D eigenvalue weighted by molar-refractivity contribution is 0.0836. The van der Waals surface area contributed by atoms with Crippen molar-refractivity contribution in [1.29, 1.82) is 0 Å². The zero-order valence-electron chi connectivity index (χ0n) is 15.6. The van der Waals surface area contributed by atoms with E-state index < -0.39 is 0 Å². The Kier molecular flexibility index (Phi) is 4.80. The summed E-state index contributed by atoms with van der Waals surface area (Å²) in [5.41, 5.74) is 2.38. The van der Waals surface area contributed by atoms with Crippen LogP contribution in [0.25, 0.3) is 22.6 Å². The molecule has 3 aromatic rings. The maximum absolute atomic E-state index is 5.49. The van der Waals surface area contributed by atoms with E-state index in [-0.39, 0.29) is 0 Å². The van der Waals surface area contributed by atoms with Crippen LogP contribution in [-0.4, -0.2) is 64.4 Å². The van der Waals surface area contributed by atoms with Crippen molar-refractivity contribution in [1.82, 2.24) is 24.9 Å². The second-order valence-electron chi connectivity index (χ2n) is 7.03. The van der Waals surface area contributed by atoms with Gasteiger partial charge in [0, 0.05) is 44.6 Å². The summed E-state index contributed by atoms with van der Waals surface area (Å²) in [6, 6.07) is 5.75. The molecule has 0 radical (unpaired) electrons. The largest absolute Gasteiger partial charge is 0.381 e. The number of hydrogen-bond acceptors (Lipinski definition) is 8. The van der Waals surface area contributed by atoms with Crippen molar-refractivity contribution in [2.24, 2.45) is 0 Å². The van der Waals surface area contributed by atoms with E-state index >= 15 is 0 Å². The van der Waals surface area contributed by atoms with E-state index in [1.165, 1.54) is 0 Å². The third-order valence-electron chi connectivity index (χ3n) is 5.24. The zero-order chi connectivity index (χ0) is 18.8. The van der Waals surface area contributed by atoms with Crippen molar-refractivity contribution in [2.75, 3.05) is 44.4 Å². The van der Waals surface area contributed by atoms with Gasteiger partial charge >= 0.3 is 0 Å². The fourth-order valence-electron chi connectivity index (χ4n) is 3.71. The first-order valence-electron chi connectivity index (χ1n) is 9.75. The minimum absolute atomic E-state index is 0.328. The zero-order valence-corrected chi connectivity index (χ0v) is 15.6. The molecule has 5 rings (SSSR count). The van der Waals surface area contributed by atoms with Crippen molar-refractivity contribution in [3.05, 3.63) is 36.4 Å². The highest BCUT2D eigenvalue weighted by molar-refractivity contribution is 5.87. The number of morpholine rings is 1. The van der Waals surface area contributed by atoms with Crippen LogP contribution in [0.2, 0.25) is 0 Å². The molecule has 0 spiro atoms. The van der Waals surface area contributed by atoms with Crippen molar-refractivity contribution in [3.63, 3.8) is 0 Å². The smallest absolute Gasteiger partial charge is 0.181 e. The number of hydrogen-bond donors (Lipinski definition) is 0. The monoisotopic (exact) mass is 378 g/mol. The van der Waals surface area contributed by atoms with Gasteiger partial charge in [-0.1, -0.05) is 0 Å². The first kappa shape index (κ1) is 17.4. The first-order chi connectivity index (χ1) is 13.9. The Morgan fingerprint density at radius 1 is 0.857 bits per heavy atom. The number of fused-ring (bicyclic) bond motifs is 1. The van der Waals surface area contributed by atoms with E-state index in [1.807, 2.05) is 18.2 Å². The van der Waals surface area contributed by atoms with Crippen LogP contribution in [0.3, 0.4) is 0 Å². The minimum atomic E-state index is 0.328. The molecule has 2 aliphatic heterocycles. The Balaban J connectivity index is 1.57. The normalized spacial score (nSPS) is 18.5. The van der Waals surface area contributed by atoms with Gasteiger partial charge < -0.3 is 14.4 Å². The highest BCUT2D eigenvalue weighted by Crippen LogP contribution is 2.28. The second-order valence-corrected chi connectivity index (χ2v) is 7.03. The van der Waals surface area contributed by atoms with Gasteiger partial charge in [0.2, 0.25) is 0 Å². The standard InChI is InChI=1S/C20H22N6O2/c1-2-15-17(21-6-1)20(26-8-12-28-13-9-26)25-19(23-15)16-3-7-22-18(24-16)14-4-10-27-11-5-14/h1-3,6-7,14H,4-5,8-13H2. The lowest BCUT2D eigenvalue weighted by Gasteiger charge is -2.28. The third kappa shape index (κ3) is 3.41. The Morgan fingerprint density at radius 3 is 2.54 bits per heavy atom. The number of nitrogens with zero attached hydrogens (tertiary/aromatic N) is 6. The van der Waals surface area contributed by atoms with Crippen LogP contribution in [0.1, 0.15) is 24.6 Å². The van der Waals surface area contributed by atoms with Crippen LogP contribution in [0.5, 0.6) is 0 Å². The van der Waals surface area contributed by atoms with Gasteiger partial charge in [-0.3, -0.25) is 4.98 Å². The molecular weight excluding hydrogens is 356 g/mol. The second kappa shape index (κ2) is 7.73.